The molecule has 1 N–H and O–H groups in total. The Morgan fingerprint density at radius 1 is 1.19 bits per heavy atom. The second-order valence-electron chi connectivity index (χ2n) is 7.73. The van der Waals surface area contributed by atoms with Gasteiger partial charge in [-0.05, 0) is 61.6 Å². The van der Waals surface area contributed by atoms with Gasteiger partial charge < -0.3 is 10.2 Å². The molecule has 0 saturated heterocycles. The van der Waals surface area contributed by atoms with Gasteiger partial charge in [0, 0.05) is 23.7 Å². The fraction of sp³-hybridized carbons (Fsp3) is 0.318. The molecule has 0 spiro atoms. The predicted molar refractivity (Wildman–Crippen MR) is 116 cm³/mol. The highest BCUT2D eigenvalue weighted by Crippen LogP contribution is 2.25. The minimum absolute atomic E-state index is 0.0673. The van der Waals surface area contributed by atoms with Crippen LogP contribution >= 0.6 is 11.5 Å². The average Bonchev–Trinajstić information content (AvgIpc) is 3.29. The molecule has 3 rings (SSSR count). The molecule has 2 aromatic heterocycles. The Balaban J connectivity index is 2.05. The van der Waals surface area contributed by atoms with Gasteiger partial charge in [0.25, 0.3) is 5.91 Å². The highest BCUT2D eigenvalue weighted by molar-refractivity contribution is 7.03. The summed E-state index contributed by atoms with van der Waals surface area (Å²) in [5.74, 6) is -1.20. The number of rotatable bonds is 8. The van der Waals surface area contributed by atoms with E-state index in [-0.39, 0.29) is 24.0 Å². The first-order valence-corrected chi connectivity index (χ1v) is 10.7. The summed E-state index contributed by atoms with van der Waals surface area (Å²) in [5, 5.41) is 8.43. The molecule has 0 aliphatic rings. The molecule has 1 aromatic carbocycles. The number of carbonyl (C=O) groups is 2. The van der Waals surface area contributed by atoms with Gasteiger partial charge in [-0.25, -0.2) is 4.39 Å². The summed E-state index contributed by atoms with van der Waals surface area (Å²) in [7, 11) is 0. The Bertz CT molecular complexity index is 1010. The van der Waals surface area contributed by atoms with Crippen LogP contribution in [0.3, 0.4) is 0 Å². The molecule has 1 atom stereocenters. The van der Waals surface area contributed by atoms with Crippen molar-refractivity contribution < 1.29 is 14.0 Å². The zero-order chi connectivity index (χ0) is 22.4. The van der Waals surface area contributed by atoms with Gasteiger partial charge in [-0.2, -0.15) is 0 Å². The van der Waals surface area contributed by atoms with Gasteiger partial charge in [0.2, 0.25) is 5.91 Å². The van der Waals surface area contributed by atoms with E-state index >= 15 is 0 Å². The SMILES string of the molecule is CCC(C)(C)NC(=O)[C@@H](c1ccccn1)N(Cc1ccc(F)cc1)C(=O)c1csnn1. The lowest BCUT2D eigenvalue weighted by molar-refractivity contribution is -0.128. The second kappa shape index (κ2) is 9.74. The fourth-order valence-corrected chi connectivity index (χ4v) is 3.37. The third kappa shape index (κ3) is 5.69. The van der Waals surface area contributed by atoms with E-state index in [0.717, 1.165) is 11.5 Å². The molecule has 162 valence electrons. The van der Waals surface area contributed by atoms with Crippen molar-refractivity contribution in [3.05, 3.63) is 76.8 Å². The molecule has 0 radical (unpaired) electrons. The van der Waals surface area contributed by atoms with Crippen LogP contribution < -0.4 is 5.32 Å². The maximum Gasteiger partial charge on any atom is 0.276 e. The van der Waals surface area contributed by atoms with E-state index in [0.29, 0.717) is 17.7 Å². The number of benzene rings is 1. The van der Waals surface area contributed by atoms with E-state index in [9.17, 15) is 14.0 Å². The Hall–Kier alpha value is -3.20. The first-order valence-electron chi connectivity index (χ1n) is 9.86. The number of nitrogens with one attached hydrogen (secondary N) is 1. The third-order valence-electron chi connectivity index (χ3n) is 4.98. The van der Waals surface area contributed by atoms with Crippen LogP contribution in [0.1, 0.15) is 55.0 Å². The molecule has 0 fully saturated rings. The van der Waals surface area contributed by atoms with Crippen LogP contribution in [0, 0.1) is 5.82 Å². The number of hydrogen-bond acceptors (Lipinski definition) is 6. The van der Waals surface area contributed by atoms with Crippen molar-refractivity contribution in [2.75, 3.05) is 0 Å². The number of nitrogens with zero attached hydrogens (tertiary/aromatic N) is 4. The van der Waals surface area contributed by atoms with Gasteiger partial charge >= 0.3 is 0 Å². The van der Waals surface area contributed by atoms with E-state index in [1.807, 2.05) is 20.8 Å². The van der Waals surface area contributed by atoms with E-state index in [1.165, 1.54) is 22.4 Å². The quantitative estimate of drug-likeness (QED) is 0.575. The van der Waals surface area contributed by atoms with E-state index < -0.39 is 17.5 Å². The molecule has 0 bridgehead atoms. The summed E-state index contributed by atoms with van der Waals surface area (Å²) in [6, 6.07) is 10.00. The fourth-order valence-electron chi connectivity index (χ4n) is 2.94. The smallest absolute Gasteiger partial charge is 0.276 e. The number of pyridine rings is 1. The summed E-state index contributed by atoms with van der Waals surface area (Å²) in [5.41, 5.74) is 0.749. The van der Waals surface area contributed by atoms with Crippen LogP contribution in [0.2, 0.25) is 0 Å². The van der Waals surface area contributed by atoms with Crippen molar-refractivity contribution in [1.82, 2.24) is 24.8 Å². The molecule has 7 nitrogen and oxygen atoms in total. The van der Waals surface area contributed by atoms with Crippen LogP contribution in [-0.2, 0) is 11.3 Å². The van der Waals surface area contributed by atoms with E-state index in [1.54, 1.807) is 36.5 Å². The molecular weight excluding hydrogens is 417 g/mol. The number of halogens is 1. The van der Waals surface area contributed by atoms with E-state index in [4.69, 9.17) is 0 Å². The Labute approximate surface area is 184 Å². The minimum Gasteiger partial charge on any atom is -0.349 e. The molecule has 0 unspecified atom stereocenters. The molecule has 9 heteroatoms. The first kappa shape index (κ1) is 22.5. The van der Waals surface area contributed by atoms with Crippen molar-refractivity contribution in [2.24, 2.45) is 0 Å². The van der Waals surface area contributed by atoms with Crippen LogP contribution in [0.5, 0.6) is 0 Å². The first-order chi connectivity index (χ1) is 14.8. The van der Waals surface area contributed by atoms with Gasteiger partial charge in [-0.3, -0.25) is 14.6 Å². The molecule has 2 amide bonds. The van der Waals surface area contributed by atoms with Crippen LogP contribution in [0.4, 0.5) is 4.39 Å². The third-order valence-corrected chi connectivity index (χ3v) is 5.48. The molecule has 0 aliphatic heterocycles. The summed E-state index contributed by atoms with van der Waals surface area (Å²) in [4.78, 5) is 32.6. The van der Waals surface area contributed by atoms with Crippen LogP contribution in [0.25, 0.3) is 0 Å². The predicted octanol–water partition coefficient (Wildman–Crippen LogP) is 3.76. The summed E-state index contributed by atoms with van der Waals surface area (Å²) in [6.45, 7) is 5.87. The van der Waals surface area contributed by atoms with E-state index in [2.05, 4.69) is 19.9 Å². The van der Waals surface area contributed by atoms with Crippen molar-refractivity contribution in [3.8, 4) is 0 Å². The van der Waals surface area contributed by atoms with Gasteiger partial charge in [0.15, 0.2) is 11.7 Å². The average molecular weight is 442 g/mol. The van der Waals surface area contributed by atoms with Crippen molar-refractivity contribution >= 4 is 23.3 Å². The molecule has 0 saturated carbocycles. The van der Waals surface area contributed by atoms with Gasteiger partial charge in [0.05, 0.1) is 5.69 Å². The summed E-state index contributed by atoms with van der Waals surface area (Å²) in [6.07, 6.45) is 2.28. The van der Waals surface area contributed by atoms with Crippen molar-refractivity contribution in [3.63, 3.8) is 0 Å². The monoisotopic (exact) mass is 441 g/mol. The number of amides is 2. The van der Waals surface area contributed by atoms with Crippen LogP contribution in [-0.4, -0.2) is 36.8 Å². The Kier molecular flexibility index (Phi) is 7.06. The molecule has 3 aromatic rings. The normalized spacial score (nSPS) is 12.3. The second-order valence-corrected chi connectivity index (χ2v) is 8.34. The topological polar surface area (TPSA) is 88.1 Å². The molecular formula is C22H24FN5O2S. The molecule has 31 heavy (non-hydrogen) atoms. The Morgan fingerprint density at radius 3 is 2.52 bits per heavy atom. The lowest BCUT2D eigenvalue weighted by Crippen LogP contribution is -2.50. The highest BCUT2D eigenvalue weighted by atomic mass is 32.1. The van der Waals surface area contributed by atoms with Crippen molar-refractivity contribution in [2.45, 2.75) is 45.3 Å². The van der Waals surface area contributed by atoms with Gasteiger partial charge in [-0.15, -0.1) is 5.10 Å². The van der Waals surface area contributed by atoms with Crippen LogP contribution in [0.15, 0.2) is 54.0 Å². The number of aromatic nitrogens is 3. The lowest BCUT2D eigenvalue weighted by atomic mass is 10.00. The lowest BCUT2D eigenvalue weighted by Gasteiger charge is -2.33. The Morgan fingerprint density at radius 2 is 1.94 bits per heavy atom. The summed E-state index contributed by atoms with van der Waals surface area (Å²) < 4.78 is 17.2. The van der Waals surface area contributed by atoms with Gasteiger partial charge in [0.1, 0.15) is 5.82 Å². The zero-order valence-corrected chi connectivity index (χ0v) is 18.4. The largest absolute Gasteiger partial charge is 0.349 e. The summed E-state index contributed by atoms with van der Waals surface area (Å²) >= 11 is 1.05. The maximum absolute atomic E-state index is 13.4. The standard InChI is InChI=1S/C22H24FN5O2S/c1-4-22(2,3)25-20(29)19(17-7-5-6-12-24-17)28(21(30)18-14-31-27-26-18)13-15-8-10-16(23)11-9-15/h5-12,14,19H,4,13H2,1-3H3,(H,25,29)/t19-/m1/s1. The molecule has 0 aliphatic carbocycles. The number of carbonyl (C=O) groups excluding carboxylic acids is 2. The maximum atomic E-state index is 13.4. The minimum atomic E-state index is -1.01. The highest BCUT2D eigenvalue weighted by Gasteiger charge is 2.36. The number of hydrogen-bond donors (Lipinski definition) is 1. The van der Waals surface area contributed by atoms with Gasteiger partial charge in [-0.1, -0.05) is 29.6 Å². The zero-order valence-electron chi connectivity index (χ0n) is 17.6. The van der Waals surface area contributed by atoms with Crippen molar-refractivity contribution in [1.29, 1.82) is 0 Å². The molecule has 2 heterocycles.